The van der Waals surface area contributed by atoms with Crippen molar-refractivity contribution < 1.29 is 14.6 Å². The predicted molar refractivity (Wildman–Crippen MR) is 67.2 cm³/mol. The van der Waals surface area contributed by atoms with Crippen LogP contribution in [0.25, 0.3) is 0 Å². The molecule has 0 bridgehead atoms. The van der Waals surface area contributed by atoms with Gasteiger partial charge < -0.3 is 19.9 Å². The molecule has 4 nitrogen and oxygen atoms in total. The van der Waals surface area contributed by atoms with Crippen LogP contribution in [0.5, 0.6) is 5.75 Å². The number of hydrogen-bond donors (Lipinski definition) is 2. The van der Waals surface area contributed by atoms with Crippen LogP contribution in [0.15, 0.2) is 18.2 Å². The van der Waals surface area contributed by atoms with Crippen molar-refractivity contribution in [3.05, 3.63) is 28.8 Å². The second-order valence-electron chi connectivity index (χ2n) is 3.76. The third kappa shape index (κ3) is 3.85. The van der Waals surface area contributed by atoms with Crippen molar-refractivity contribution in [3.8, 4) is 5.75 Å². The molecular formula is C12H18ClNO3. The van der Waals surface area contributed by atoms with Crippen LogP contribution in [0.1, 0.15) is 12.5 Å². The van der Waals surface area contributed by atoms with Crippen LogP contribution in [-0.4, -0.2) is 31.7 Å². The van der Waals surface area contributed by atoms with Gasteiger partial charge in [-0.25, -0.2) is 0 Å². The molecule has 0 saturated carbocycles. The van der Waals surface area contributed by atoms with E-state index in [0.29, 0.717) is 11.6 Å². The minimum absolute atomic E-state index is 0.00313. The maximum atomic E-state index is 9.73. The highest BCUT2D eigenvalue weighted by molar-refractivity contribution is 6.32. The topological polar surface area (TPSA) is 50.7 Å². The number of rotatable bonds is 6. The summed E-state index contributed by atoms with van der Waals surface area (Å²) in [4.78, 5) is 0. The summed E-state index contributed by atoms with van der Waals surface area (Å²) in [6, 6.07) is 5.27. The van der Waals surface area contributed by atoms with Crippen LogP contribution in [-0.2, 0) is 16.0 Å². The van der Waals surface area contributed by atoms with Gasteiger partial charge in [0.05, 0.1) is 11.1 Å². The Hall–Kier alpha value is -0.810. The molecule has 0 amide bonds. The van der Waals surface area contributed by atoms with Crippen LogP contribution < -0.4 is 5.32 Å². The lowest BCUT2D eigenvalue weighted by atomic mass is 10.2. The molecule has 96 valence electrons. The number of phenols is 1. The van der Waals surface area contributed by atoms with Gasteiger partial charge in [-0.1, -0.05) is 23.7 Å². The van der Waals surface area contributed by atoms with Crippen molar-refractivity contribution >= 4 is 11.6 Å². The van der Waals surface area contributed by atoms with Crippen molar-refractivity contribution in [2.24, 2.45) is 0 Å². The highest BCUT2D eigenvalue weighted by Crippen LogP contribution is 2.26. The zero-order chi connectivity index (χ0) is 12.8. The van der Waals surface area contributed by atoms with Gasteiger partial charge in [-0.3, -0.25) is 0 Å². The van der Waals surface area contributed by atoms with E-state index in [4.69, 9.17) is 21.1 Å². The van der Waals surface area contributed by atoms with Crippen LogP contribution in [0.4, 0.5) is 0 Å². The summed E-state index contributed by atoms with van der Waals surface area (Å²) in [7, 11) is 3.17. The van der Waals surface area contributed by atoms with E-state index in [0.717, 1.165) is 5.56 Å². The molecule has 0 fully saturated rings. The van der Waals surface area contributed by atoms with E-state index in [9.17, 15) is 5.11 Å². The molecule has 1 aromatic rings. The second-order valence-corrected chi connectivity index (χ2v) is 4.16. The van der Waals surface area contributed by atoms with Gasteiger partial charge in [0.15, 0.2) is 6.29 Å². The molecule has 0 aliphatic carbocycles. The lowest BCUT2D eigenvalue weighted by Gasteiger charge is -2.22. The van der Waals surface area contributed by atoms with E-state index in [1.54, 1.807) is 26.4 Å². The monoisotopic (exact) mass is 259 g/mol. The number of para-hydroxylation sites is 1. The average molecular weight is 260 g/mol. The van der Waals surface area contributed by atoms with Gasteiger partial charge in [0.1, 0.15) is 5.75 Å². The SMILES string of the molecule is COC(OC)C(C)NCc1cccc(Cl)c1O. The third-order valence-corrected chi connectivity index (χ3v) is 2.86. The standard InChI is InChI=1S/C12H18ClNO3/c1-8(12(16-2)17-3)14-7-9-5-4-6-10(13)11(9)15/h4-6,8,12,14-15H,7H2,1-3H3. The molecule has 5 heteroatoms. The van der Waals surface area contributed by atoms with Gasteiger partial charge >= 0.3 is 0 Å². The Morgan fingerprint density at radius 2 is 2.00 bits per heavy atom. The van der Waals surface area contributed by atoms with Crippen LogP contribution in [0.3, 0.4) is 0 Å². The zero-order valence-corrected chi connectivity index (χ0v) is 11.0. The molecular weight excluding hydrogens is 242 g/mol. The number of methoxy groups -OCH3 is 2. The van der Waals surface area contributed by atoms with Gasteiger partial charge in [0, 0.05) is 26.3 Å². The quantitative estimate of drug-likeness (QED) is 0.769. The van der Waals surface area contributed by atoms with Gasteiger partial charge in [0.25, 0.3) is 0 Å². The van der Waals surface area contributed by atoms with E-state index in [2.05, 4.69) is 5.32 Å². The lowest BCUT2D eigenvalue weighted by Crippen LogP contribution is -2.39. The van der Waals surface area contributed by atoms with Gasteiger partial charge in [0.2, 0.25) is 0 Å². The molecule has 2 N–H and O–H groups in total. The first-order valence-electron chi connectivity index (χ1n) is 5.35. The number of nitrogens with one attached hydrogen (secondary N) is 1. The maximum Gasteiger partial charge on any atom is 0.171 e. The Bertz CT molecular complexity index is 356. The Kier molecular flexibility index (Phi) is 5.71. The van der Waals surface area contributed by atoms with Gasteiger partial charge in [-0.15, -0.1) is 0 Å². The normalized spacial score (nSPS) is 13.0. The molecule has 0 spiro atoms. The summed E-state index contributed by atoms with van der Waals surface area (Å²) in [5.74, 6) is 0.111. The largest absolute Gasteiger partial charge is 0.506 e. The molecule has 0 heterocycles. The van der Waals surface area contributed by atoms with Crippen molar-refractivity contribution in [1.82, 2.24) is 5.32 Å². The first-order valence-corrected chi connectivity index (χ1v) is 5.73. The summed E-state index contributed by atoms with van der Waals surface area (Å²) in [6.07, 6.45) is -0.323. The molecule has 0 radical (unpaired) electrons. The maximum absolute atomic E-state index is 9.73. The fourth-order valence-corrected chi connectivity index (χ4v) is 1.77. The van der Waals surface area contributed by atoms with Crippen molar-refractivity contribution in [2.75, 3.05) is 14.2 Å². The fourth-order valence-electron chi connectivity index (χ4n) is 1.57. The second kappa shape index (κ2) is 6.81. The number of hydrogen-bond acceptors (Lipinski definition) is 4. The highest BCUT2D eigenvalue weighted by atomic mass is 35.5. The number of benzene rings is 1. The fraction of sp³-hybridized carbons (Fsp3) is 0.500. The number of halogens is 1. The van der Waals surface area contributed by atoms with E-state index < -0.39 is 0 Å². The molecule has 0 aromatic heterocycles. The summed E-state index contributed by atoms with van der Waals surface area (Å²) < 4.78 is 10.3. The Balaban J connectivity index is 2.58. The molecule has 1 rings (SSSR count). The molecule has 17 heavy (non-hydrogen) atoms. The molecule has 1 atom stereocenters. The Morgan fingerprint density at radius 3 is 2.59 bits per heavy atom. The zero-order valence-electron chi connectivity index (χ0n) is 10.2. The molecule has 0 aliphatic rings. The number of aromatic hydroxyl groups is 1. The smallest absolute Gasteiger partial charge is 0.171 e. The molecule has 1 aromatic carbocycles. The lowest BCUT2D eigenvalue weighted by molar-refractivity contribution is -0.119. The van der Waals surface area contributed by atoms with Crippen LogP contribution in [0.2, 0.25) is 5.02 Å². The Labute approximate surface area is 106 Å². The van der Waals surface area contributed by atoms with Crippen LogP contribution >= 0.6 is 11.6 Å². The van der Waals surface area contributed by atoms with Crippen molar-refractivity contribution in [1.29, 1.82) is 0 Å². The van der Waals surface area contributed by atoms with Gasteiger partial charge in [-0.2, -0.15) is 0 Å². The minimum Gasteiger partial charge on any atom is -0.506 e. The van der Waals surface area contributed by atoms with Crippen molar-refractivity contribution in [2.45, 2.75) is 25.8 Å². The summed E-state index contributed by atoms with van der Waals surface area (Å²) in [5.41, 5.74) is 0.746. The first-order chi connectivity index (χ1) is 8.10. The first kappa shape index (κ1) is 14.3. The molecule has 1 unspecified atom stereocenters. The molecule has 0 saturated heterocycles. The van der Waals surface area contributed by atoms with Crippen molar-refractivity contribution in [3.63, 3.8) is 0 Å². The van der Waals surface area contributed by atoms with E-state index in [-0.39, 0.29) is 18.1 Å². The predicted octanol–water partition coefficient (Wildman–Crippen LogP) is 2.14. The van der Waals surface area contributed by atoms with E-state index in [1.807, 2.05) is 13.0 Å². The van der Waals surface area contributed by atoms with E-state index in [1.165, 1.54) is 0 Å². The van der Waals surface area contributed by atoms with Gasteiger partial charge in [-0.05, 0) is 13.0 Å². The van der Waals surface area contributed by atoms with E-state index >= 15 is 0 Å². The summed E-state index contributed by atoms with van der Waals surface area (Å²) in [6.45, 7) is 2.44. The molecule has 0 aliphatic heterocycles. The third-order valence-electron chi connectivity index (χ3n) is 2.56. The number of phenolic OH excluding ortho intramolecular Hbond substituents is 1. The summed E-state index contributed by atoms with van der Waals surface area (Å²) >= 11 is 5.82. The van der Waals surface area contributed by atoms with Crippen LogP contribution in [0, 0.1) is 0 Å². The Morgan fingerprint density at radius 1 is 1.35 bits per heavy atom. The average Bonchev–Trinajstić information content (AvgIpc) is 2.32. The summed E-state index contributed by atoms with van der Waals surface area (Å²) in [5, 5.41) is 13.3. The highest BCUT2D eigenvalue weighted by Gasteiger charge is 2.15. The number of ether oxygens (including phenoxy) is 2. The minimum atomic E-state index is -0.323.